The Morgan fingerprint density at radius 3 is 3.18 bits per heavy atom. The molecule has 3 aliphatic rings. The molecule has 0 aromatic carbocycles. The van der Waals surface area contributed by atoms with Gasteiger partial charge in [-0.05, 0) is 36.2 Å². The smallest absolute Gasteiger partial charge is 0.156 e. The molecule has 2 saturated carbocycles. The lowest BCUT2D eigenvalue weighted by Crippen LogP contribution is -2.13. The number of carbonyl (C=O) groups excluding carboxylic acids is 1. The van der Waals surface area contributed by atoms with Crippen molar-refractivity contribution in [2.24, 2.45) is 17.3 Å². The minimum atomic E-state index is 0.310. The van der Waals surface area contributed by atoms with Crippen LogP contribution in [0.5, 0.6) is 0 Å². The summed E-state index contributed by atoms with van der Waals surface area (Å²) in [5, 5.41) is 0. The van der Waals surface area contributed by atoms with Gasteiger partial charge in [0, 0.05) is 6.42 Å². The second-order valence-electron chi connectivity index (χ2n) is 4.61. The van der Waals surface area contributed by atoms with Crippen molar-refractivity contribution < 1.29 is 4.79 Å². The summed E-state index contributed by atoms with van der Waals surface area (Å²) in [6, 6.07) is 0. The van der Waals surface area contributed by atoms with E-state index < -0.39 is 0 Å². The van der Waals surface area contributed by atoms with Crippen molar-refractivity contribution in [3.8, 4) is 0 Å². The van der Waals surface area contributed by atoms with Crippen LogP contribution in [0.1, 0.15) is 26.2 Å². The van der Waals surface area contributed by atoms with Gasteiger partial charge in [-0.15, -0.1) is 0 Å². The molecule has 3 aliphatic carbocycles. The minimum Gasteiger partial charge on any atom is -0.295 e. The third kappa shape index (κ3) is 0.597. The molecule has 0 N–H and O–H groups in total. The van der Waals surface area contributed by atoms with E-state index in [4.69, 9.17) is 0 Å². The molecule has 58 valence electrons. The highest BCUT2D eigenvalue weighted by atomic mass is 16.1. The van der Waals surface area contributed by atoms with Gasteiger partial charge in [0.15, 0.2) is 5.78 Å². The topological polar surface area (TPSA) is 17.1 Å². The van der Waals surface area contributed by atoms with E-state index in [2.05, 4.69) is 6.92 Å². The van der Waals surface area contributed by atoms with Crippen LogP contribution in [0.15, 0.2) is 11.6 Å². The molecule has 1 nitrogen and oxygen atoms in total. The number of allylic oxidation sites excluding steroid dienone is 2. The zero-order valence-corrected chi connectivity index (χ0v) is 6.76. The van der Waals surface area contributed by atoms with E-state index in [1.807, 2.05) is 6.08 Å². The maximum Gasteiger partial charge on any atom is 0.156 e. The van der Waals surface area contributed by atoms with Crippen LogP contribution in [0.2, 0.25) is 0 Å². The lowest BCUT2D eigenvalue weighted by molar-refractivity contribution is -0.115. The summed E-state index contributed by atoms with van der Waals surface area (Å²) >= 11 is 0. The first-order valence-corrected chi connectivity index (χ1v) is 4.44. The first-order valence-electron chi connectivity index (χ1n) is 4.44. The molecule has 0 aromatic heterocycles. The maximum absolute atomic E-state index is 11.1. The number of rotatable bonds is 0. The molecular weight excluding hydrogens is 136 g/mol. The Morgan fingerprint density at radius 1 is 1.64 bits per heavy atom. The fourth-order valence-corrected chi connectivity index (χ4v) is 3.06. The molecule has 0 heterocycles. The third-order valence-corrected chi connectivity index (χ3v) is 3.61. The lowest BCUT2D eigenvalue weighted by atomic mass is 9.82. The monoisotopic (exact) mass is 148 g/mol. The van der Waals surface area contributed by atoms with Gasteiger partial charge in [0.25, 0.3) is 0 Å². The molecule has 0 amide bonds. The molecule has 1 heteroatoms. The quantitative estimate of drug-likeness (QED) is 0.513. The fraction of sp³-hybridized carbons (Fsp3) is 0.700. The minimum absolute atomic E-state index is 0.310. The van der Waals surface area contributed by atoms with Gasteiger partial charge in [0.1, 0.15) is 0 Å². The van der Waals surface area contributed by atoms with Crippen LogP contribution in [0.3, 0.4) is 0 Å². The van der Waals surface area contributed by atoms with Gasteiger partial charge in [-0.1, -0.05) is 12.5 Å². The van der Waals surface area contributed by atoms with Crippen LogP contribution in [0.25, 0.3) is 0 Å². The van der Waals surface area contributed by atoms with Gasteiger partial charge in [-0.2, -0.15) is 0 Å². The Morgan fingerprint density at radius 2 is 2.45 bits per heavy atom. The van der Waals surface area contributed by atoms with Crippen molar-refractivity contribution in [1.29, 1.82) is 0 Å². The van der Waals surface area contributed by atoms with Crippen molar-refractivity contribution in [3.63, 3.8) is 0 Å². The zero-order valence-electron chi connectivity index (χ0n) is 6.76. The molecule has 0 spiro atoms. The van der Waals surface area contributed by atoms with Crippen molar-refractivity contribution in [1.82, 2.24) is 0 Å². The van der Waals surface area contributed by atoms with Crippen molar-refractivity contribution in [2.75, 3.05) is 0 Å². The molecule has 0 aliphatic heterocycles. The van der Waals surface area contributed by atoms with Crippen LogP contribution < -0.4 is 0 Å². The molecular formula is C10H12O. The molecule has 0 saturated heterocycles. The molecule has 3 rings (SSSR count). The molecule has 0 bridgehead atoms. The number of carbonyl (C=O) groups is 1. The molecule has 0 radical (unpaired) electrons. The van der Waals surface area contributed by atoms with Crippen LogP contribution in [-0.2, 0) is 4.79 Å². The molecule has 3 atom stereocenters. The van der Waals surface area contributed by atoms with Crippen LogP contribution in [0.4, 0.5) is 0 Å². The van der Waals surface area contributed by atoms with Gasteiger partial charge in [0.2, 0.25) is 0 Å². The SMILES string of the molecule is CC12CC(=O)C=C1C1CC1C2. The van der Waals surface area contributed by atoms with Crippen molar-refractivity contribution >= 4 is 5.78 Å². The van der Waals surface area contributed by atoms with Gasteiger partial charge >= 0.3 is 0 Å². The van der Waals surface area contributed by atoms with E-state index in [1.54, 1.807) is 0 Å². The Balaban J connectivity index is 2.09. The average molecular weight is 148 g/mol. The van der Waals surface area contributed by atoms with E-state index in [-0.39, 0.29) is 0 Å². The van der Waals surface area contributed by atoms with Crippen molar-refractivity contribution in [3.05, 3.63) is 11.6 Å². The average Bonchev–Trinajstić information content (AvgIpc) is 2.46. The summed E-state index contributed by atoms with van der Waals surface area (Å²) in [6.07, 6.45) is 5.39. The second-order valence-corrected chi connectivity index (χ2v) is 4.61. The van der Waals surface area contributed by atoms with E-state index >= 15 is 0 Å². The standard InChI is InChI=1S/C10H12O/c1-10-4-6-2-8(6)9(10)3-7(11)5-10/h3,6,8H,2,4-5H2,1H3. The highest BCUT2D eigenvalue weighted by Crippen LogP contribution is 2.66. The van der Waals surface area contributed by atoms with Gasteiger partial charge < -0.3 is 0 Å². The third-order valence-electron chi connectivity index (χ3n) is 3.61. The van der Waals surface area contributed by atoms with Crippen LogP contribution >= 0.6 is 0 Å². The summed E-state index contributed by atoms with van der Waals surface area (Å²) in [6.45, 7) is 2.26. The van der Waals surface area contributed by atoms with Crippen LogP contribution in [0, 0.1) is 17.3 Å². The summed E-state index contributed by atoms with van der Waals surface area (Å²) in [7, 11) is 0. The predicted molar refractivity (Wildman–Crippen MR) is 42.0 cm³/mol. The summed E-state index contributed by atoms with van der Waals surface area (Å²) in [4.78, 5) is 11.1. The second kappa shape index (κ2) is 1.45. The molecule has 3 unspecified atom stereocenters. The normalized spacial score (nSPS) is 52.1. The first kappa shape index (κ1) is 5.99. The summed E-state index contributed by atoms with van der Waals surface area (Å²) in [5.74, 6) is 2.15. The highest BCUT2D eigenvalue weighted by Gasteiger charge is 2.57. The van der Waals surface area contributed by atoms with Gasteiger partial charge in [0.05, 0.1) is 0 Å². The van der Waals surface area contributed by atoms with Crippen LogP contribution in [-0.4, -0.2) is 5.78 Å². The summed E-state index contributed by atoms with van der Waals surface area (Å²) < 4.78 is 0. The zero-order chi connectivity index (χ0) is 7.64. The van der Waals surface area contributed by atoms with E-state index in [0.717, 1.165) is 18.3 Å². The van der Waals surface area contributed by atoms with E-state index in [1.165, 1.54) is 18.4 Å². The van der Waals surface area contributed by atoms with E-state index in [9.17, 15) is 4.79 Å². The van der Waals surface area contributed by atoms with Crippen molar-refractivity contribution in [2.45, 2.75) is 26.2 Å². The van der Waals surface area contributed by atoms with Gasteiger partial charge in [-0.25, -0.2) is 0 Å². The number of hydrogen-bond donors (Lipinski definition) is 0. The Labute approximate surface area is 66.5 Å². The van der Waals surface area contributed by atoms with E-state index in [0.29, 0.717) is 11.2 Å². The predicted octanol–water partition coefficient (Wildman–Crippen LogP) is 1.93. The largest absolute Gasteiger partial charge is 0.295 e. The highest BCUT2D eigenvalue weighted by molar-refractivity contribution is 5.95. The first-order chi connectivity index (χ1) is 5.19. The molecule has 0 aromatic rings. The fourth-order valence-electron chi connectivity index (χ4n) is 3.06. The number of hydrogen-bond acceptors (Lipinski definition) is 1. The van der Waals surface area contributed by atoms with Gasteiger partial charge in [-0.3, -0.25) is 4.79 Å². The summed E-state index contributed by atoms with van der Waals surface area (Å²) in [5.41, 5.74) is 1.80. The maximum atomic E-state index is 11.1. The number of fused-ring (bicyclic) bond motifs is 3. The Hall–Kier alpha value is -0.590. The lowest BCUT2D eigenvalue weighted by Gasteiger charge is -2.21. The molecule has 2 fully saturated rings. The Kier molecular flexibility index (Phi) is 0.790. The molecule has 11 heavy (non-hydrogen) atoms. The number of ketones is 1. The Bertz CT molecular complexity index is 277.